The van der Waals surface area contributed by atoms with Crippen LogP contribution in [0.5, 0.6) is 5.75 Å². The Morgan fingerprint density at radius 1 is 1.12 bits per heavy atom. The zero-order valence-corrected chi connectivity index (χ0v) is 19.5. The average Bonchev–Trinajstić information content (AvgIpc) is 3.07. The maximum atomic E-state index is 13.1. The molecular formula is C24H34N4O5. The first-order valence-electron chi connectivity index (χ1n) is 11.8. The van der Waals surface area contributed by atoms with Crippen LogP contribution in [0.15, 0.2) is 24.3 Å². The highest BCUT2D eigenvalue weighted by molar-refractivity contribution is 6.09. The molecule has 0 aromatic heterocycles. The fraction of sp³-hybridized carbons (Fsp3) is 0.625. The summed E-state index contributed by atoms with van der Waals surface area (Å²) in [5.41, 5.74) is -0.548. The number of benzene rings is 1. The predicted octanol–water partition coefficient (Wildman–Crippen LogP) is 1.42. The highest BCUT2D eigenvalue weighted by Gasteiger charge is 2.49. The molecule has 1 unspecified atom stereocenters. The molecule has 3 heterocycles. The van der Waals surface area contributed by atoms with Crippen molar-refractivity contribution in [2.24, 2.45) is 5.92 Å². The molecule has 1 N–H and O–H groups in total. The molecule has 3 fully saturated rings. The third-order valence-corrected chi connectivity index (χ3v) is 7.16. The van der Waals surface area contributed by atoms with Gasteiger partial charge in [-0.15, -0.1) is 0 Å². The first kappa shape index (κ1) is 23.5. The van der Waals surface area contributed by atoms with Crippen LogP contribution in [-0.2, 0) is 19.9 Å². The van der Waals surface area contributed by atoms with Crippen LogP contribution in [0.3, 0.4) is 0 Å². The number of ether oxygens (including phenoxy) is 2. The normalized spacial score (nSPS) is 24.8. The van der Waals surface area contributed by atoms with Gasteiger partial charge in [-0.25, -0.2) is 4.79 Å². The fourth-order valence-corrected chi connectivity index (χ4v) is 4.86. The molecule has 3 aliphatic rings. The van der Waals surface area contributed by atoms with Crippen LogP contribution in [0.4, 0.5) is 4.79 Å². The van der Waals surface area contributed by atoms with Crippen molar-refractivity contribution >= 4 is 17.8 Å². The van der Waals surface area contributed by atoms with Crippen molar-refractivity contribution in [3.05, 3.63) is 29.8 Å². The van der Waals surface area contributed by atoms with Gasteiger partial charge in [-0.3, -0.25) is 19.4 Å². The molecule has 3 saturated heterocycles. The number of hydrogen-bond acceptors (Lipinski definition) is 6. The Balaban J connectivity index is 1.28. The number of carbonyl (C=O) groups is 3. The number of methoxy groups -OCH3 is 1. The minimum Gasteiger partial charge on any atom is -0.497 e. The quantitative estimate of drug-likeness (QED) is 0.622. The molecule has 0 radical (unpaired) electrons. The molecule has 0 saturated carbocycles. The van der Waals surface area contributed by atoms with Gasteiger partial charge >= 0.3 is 6.03 Å². The molecule has 9 heteroatoms. The summed E-state index contributed by atoms with van der Waals surface area (Å²) in [4.78, 5) is 43.9. The minimum absolute atomic E-state index is 0.177. The highest BCUT2D eigenvalue weighted by atomic mass is 16.5. The third kappa shape index (κ3) is 5.14. The van der Waals surface area contributed by atoms with E-state index in [-0.39, 0.29) is 12.5 Å². The van der Waals surface area contributed by atoms with Crippen LogP contribution in [-0.4, -0.2) is 92.1 Å². The van der Waals surface area contributed by atoms with Gasteiger partial charge in [0.1, 0.15) is 17.8 Å². The van der Waals surface area contributed by atoms with Crippen LogP contribution >= 0.6 is 0 Å². The second-order valence-corrected chi connectivity index (χ2v) is 9.24. The van der Waals surface area contributed by atoms with E-state index >= 15 is 0 Å². The molecule has 4 amide bonds. The Bertz CT molecular complexity index is 862. The zero-order chi connectivity index (χ0) is 23.4. The molecule has 1 atom stereocenters. The second-order valence-electron chi connectivity index (χ2n) is 9.24. The summed E-state index contributed by atoms with van der Waals surface area (Å²) in [5, 5.41) is 2.76. The predicted molar refractivity (Wildman–Crippen MR) is 122 cm³/mol. The van der Waals surface area contributed by atoms with Crippen molar-refractivity contribution in [1.29, 1.82) is 0 Å². The van der Waals surface area contributed by atoms with Crippen molar-refractivity contribution in [1.82, 2.24) is 20.0 Å². The second kappa shape index (κ2) is 10.1. The number of imide groups is 1. The van der Waals surface area contributed by atoms with E-state index in [1.54, 1.807) is 43.2 Å². The Morgan fingerprint density at radius 2 is 1.79 bits per heavy atom. The van der Waals surface area contributed by atoms with Gasteiger partial charge < -0.3 is 19.7 Å². The molecule has 9 nitrogen and oxygen atoms in total. The lowest BCUT2D eigenvalue weighted by Crippen LogP contribution is -2.47. The fourth-order valence-electron chi connectivity index (χ4n) is 4.86. The topological polar surface area (TPSA) is 91.4 Å². The maximum absolute atomic E-state index is 13.1. The summed E-state index contributed by atoms with van der Waals surface area (Å²) in [6, 6.07) is 6.47. The smallest absolute Gasteiger partial charge is 0.325 e. The van der Waals surface area contributed by atoms with Crippen LogP contribution < -0.4 is 10.1 Å². The molecule has 3 aliphatic heterocycles. The van der Waals surface area contributed by atoms with Gasteiger partial charge in [0.25, 0.3) is 5.91 Å². The van der Waals surface area contributed by atoms with E-state index in [1.165, 1.54) is 0 Å². The van der Waals surface area contributed by atoms with E-state index in [1.807, 2.05) is 0 Å². The van der Waals surface area contributed by atoms with Gasteiger partial charge in [-0.1, -0.05) is 12.1 Å². The van der Waals surface area contributed by atoms with E-state index < -0.39 is 17.5 Å². The summed E-state index contributed by atoms with van der Waals surface area (Å²) in [7, 11) is 1.57. The van der Waals surface area contributed by atoms with E-state index in [9.17, 15) is 14.4 Å². The van der Waals surface area contributed by atoms with Gasteiger partial charge in [-0.05, 0) is 56.3 Å². The average molecular weight is 459 g/mol. The van der Waals surface area contributed by atoms with Crippen molar-refractivity contribution < 1.29 is 23.9 Å². The molecule has 0 spiro atoms. The molecule has 4 rings (SSSR count). The summed E-state index contributed by atoms with van der Waals surface area (Å²) in [5.74, 6) is 0.682. The number of nitrogens with one attached hydrogen (secondary N) is 1. The molecule has 1 aromatic carbocycles. The van der Waals surface area contributed by atoms with E-state index in [0.717, 1.165) is 57.0 Å². The molecule has 180 valence electrons. The summed E-state index contributed by atoms with van der Waals surface area (Å²) < 4.78 is 10.6. The molecule has 33 heavy (non-hydrogen) atoms. The molecule has 0 bridgehead atoms. The number of carbonyl (C=O) groups excluding carboxylic acids is 3. The number of nitrogens with zero attached hydrogens (tertiary/aromatic N) is 3. The van der Waals surface area contributed by atoms with Crippen molar-refractivity contribution in [2.75, 3.05) is 59.6 Å². The number of hydrogen-bond donors (Lipinski definition) is 1. The number of likely N-dealkylation sites (tertiary alicyclic amines) is 1. The van der Waals surface area contributed by atoms with E-state index in [0.29, 0.717) is 30.3 Å². The van der Waals surface area contributed by atoms with Gasteiger partial charge in [-0.2, -0.15) is 0 Å². The first-order valence-corrected chi connectivity index (χ1v) is 11.8. The van der Waals surface area contributed by atoms with Gasteiger partial charge in [0.05, 0.1) is 20.3 Å². The SMILES string of the molecule is COc1ccc(C2(C)NC(=O)N(CC(=O)N3CCC(CCN4CCOCC4)CC3)C2=O)cc1. The number of morpholine rings is 1. The van der Waals surface area contributed by atoms with E-state index in [2.05, 4.69) is 10.2 Å². The highest BCUT2D eigenvalue weighted by Crippen LogP contribution is 2.30. The van der Waals surface area contributed by atoms with Crippen LogP contribution in [0.1, 0.15) is 31.7 Å². The van der Waals surface area contributed by atoms with Crippen molar-refractivity contribution in [2.45, 2.75) is 31.7 Å². The zero-order valence-electron chi connectivity index (χ0n) is 19.5. The standard InChI is InChI=1S/C24H34N4O5/c1-24(19-3-5-20(32-2)6-4-19)22(30)28(23(31)25-24)17-21(29)27-11-8-18(9-12-27)7-10-26-13-15-33-16-14-26/h3-6,18H,7-17H2,1-2H3,(H,25,31). The summed E-state index contributed by atoms with van der Waals surface area (Å²) in [6.45, 7) is 7.48. The van der Waals surface area contributed by atoms with Gasteiger partial charge in [0.2, 0.25) is 5.91 Å². The molecule has 1 aromatic rings. The Hall–Kier alpha value is -2.65. The molecule has 0 aliphatic carbocycles. The van der Waals surface area contributed by atoms with Crippen LogP contribution in [0, 0.1) is 5.92 Å². The lowest BCUT2D eigenvalue weighted by Gasteiger charge is -2.34. The van der Waals surface area contributed by atoms with Gasteiger partial charge in [0, 0.05) is 26.2 Å². The maximum Gasteiger partial charge on any atom is 0.325 e. The Morgan fingerprint density at radius 3 is 2.42 bits per heavy atom. The van der Waals surface area contributed by atoms with Crippen LogP contribution in [0.25, 0.3) is 0 Å². The third-order valence-electron chi connectivity index (χ3n) is 7.16. The van der Waals surface area contributed by atoms with E-state index in [4.69, 9.17) is 9.47 Å². The monoisotopic (exact) mass is 458 g/mol. The van der Waals surface area contributed by atoms with Crippen molar-refractivity contribution in [3.63, 3.8) is 0 Å². The van der Waals surface area contributed by atoms with Gasteiger partial charge in [0.15, 0.2) is 0 Å². The summed E-state index contributed by atoms with van der Waals surface area (Å²) in [6.07, 6.45) is 3.05. The number of piperidine rings is 1. The molecular weight excluding hydrogens is 424 g/mol. The number of urea groups is 1. The first-order chi connectivity index (χ1) is 15.9. The Labute approximate surface area is 195 Å². The Kier molecular flexibility index (Phi) is 7.19. The lowest BCUT2D eigenvalue weighted by molar-refractivity contribution is -0.139. The minimum atomic E-state index is -1.20. The lowest BCUT2D eigenvalue weighted by atomic mass is 9.92. The number of amides is 4. The summed E-state index contributed by atoms with van der Waals surface area (Å²) >= 11 is 0. The number of rotatable bonds is 7. The largest absolute Gasteiger partial charge is 0.497 e. The van der Waals surface area contributed by atoms with Crippen LogP contribution in [0.2, 0.25) is 0 Å². The van der Waals surface area contributed by atoms with Crippen molar-refractivity contribution in [3.8, 4) is 5.75 Å².